The molecular weight excluding hydrogens is 392 g/mol. The van der Waals surface area contributed by atoms with Gasteiger partial charge in [0.2, 0.25) is 15.8 Å². The molecule has 27 heavy (non-hydrogen) atoms. The fourth-order valence-corrected chi connectivity index (χ4v) is 4.61. The van der Waals surface area contributed by atoms with Crippen LogP contribution in [0.5, 0.6) is 0 Å². The number of rotatable bonds is 7. The summed E-state index contributed by atoms with van der Waals surface area (Å²) in [4.78, 5) is 23.3. The van der Waals surface area contributed by atoms with Gasteiger partial charge in [-0.3, -0.25) is 14.9 Å². The van der Waals surface area contributed by atoms with E-state index in [4.69, 9.17) is 4.42 Å². The molecule has 0 unspecified atom stereocenters. The Morgan fingerprint density at radius 3 is 2.70 bits per heavy atom. The van der Waals surface area contributed by atoms with Gasteiger partial charge in [-0.1, -0.05) is 6.07 Å². The third kappa shape index (κ3) is 4.13. The first-order chi connectivity index (χ1) is 12.8. The molecular formula is C17H14N2O6S2. The van der Waals surface area contributed by atoms with Gasteiger partial charge in [-0.05, 0) is 36.8 Å². The number of ketones is 1. The molecule has 0 radical (unpaired) electrons. The number of nitrogens with one attached hydrogen (secondary N) is 1. The number of nitro benzene ring substituents is 1. The number of furan rings is 1. The number of hydrogen-bond acceptors (Lipinski definition) is 7. The van der Waals surface area contributed by atoms with Crippen LogP contribution in [0.25, 0.3) is 0 Å². The summed E-state index contributed by atoms with van der Waals surface area (Å²) < 4.78 is 32.5. The van der Waals surface area contributed by atoms with Gasteiger partial charge in [0.1, 0.15) is 0 Å². The second kappa shape index (κ2) is 7.43. The Hall–Kier alpha value is -2.82. The second-order valence-corrected chi connectivity index (χ2v) is 8.51. The largest absolute Gasteiger partial charge is 0.461 e. The highest BCUT2D eigenvalue weighted by Gasteiger charge is 2.21. The molecule has 10 heteroatoms. The van der Waals surface area contributed by atoms with Crippen molar-refractivity contribution in [3.05, 3.63) is 79.9 Å². The van der Waals surface area contributed by atoms with Crippen molar-refractivity contribution in [2.75, 3.05) is 0 Å². The van der Waals surface area contributed by atoms with Crippen molar-refractivity contribution in [3.8, 4) is 0 Å². The fraction of sp³-hybridized carbons (Fsp3) is 0.118. The van der Waals surface area contributed by atoms with Crippen LogP contribution in [0.4, 0.5) is 5.69 Å². The molecule has 0 atom stereocenters. The minimum atomic E-state index is -3.95. The zero-order valence-electron chi connectivity index (χ0n) is 14.0. The minimum absolute atomic E-state index is 0.0411. The van der Waals surface area contributed by atoms with Crippen molar-refractivity contribution in [2.24, 2.45) is 0 Å². The van der Waals surface area contributed by atoms with Gasteiger partial charge in [0.15, 0.2) is 5.76 Å². The molecule has 3 aromatic rings. The average Bonchev–Trinajstić information content (AvgIpc) is 3.31. The molecule has 1 N–H and O–H groups in total. The van der Waals surface area contributed by atoms with Crippen LogP contribution >= 0.6 is 11.3 Å². The number of carbonyl (C=O) groups excluding carboxylic acids is 1. The van der Waals surface area contributed by atoms with Crippen LogP contribution in [0.1, 0.15) is 25.9 Å². The lowest BCUT2D eigenvalue weighted by Gasteiger charge is -2.08. The van der Waals surface area contributed by atoms with Crippen LogP contribution < -0.4 is 4.72 Å². The Labute approximate surface area is 158 Å². The highest BCUT2D eigenvalue weighted by molar-refractivity contribution is 7.89. The van der Waals surface area contributed by atoms with E-state index in [1.165, 1.54) is 18.4 Å². The number of aryl methyl sites for hydroxylation is 1. The molecule has 0 spiro atoms. The van der Waals surface area contributed by atoms with Crippen molar-refractivity contribution in [2.45, 2.75) is 18.4 Å². The van der Waals surface area contributed by atoms with Crippen LogP contribution in [-0.4, -0.2) is 19.1 Å². The van der Waals surface area contributed by atoms with Crippen molar-refractivity contribution >= 4 is 32.8 Å². The summed E-state index contributed by atoms with van der Waals surface area (Å²) >= 11 is 1.14. The topological polar surface area (TPSA) is 120 Å². The van der Waals surface area contributed by atoms with Gasteiger partial charge in [0, 0.05) is 23.6 Å². The Morgan fingerprint density at radius 1 is 1.26 bits per heavy atom. The average molecular weight is 406 g/mol. The first-order valence-corrected chi connectivity index (χ1v) is 9.99. The molecule has 0 aliphatic carbocycles. The molecule has 0 aliphatic rings. The predicted molar refractivity (Wildman–Crippen MR) is 98.3 cm³/mol. The van der Waals surface area contributed by atoms with Gasteiger partial charge in [-0.15, -0.1) is 11.3 Å². The van der Waals surface area contributed by atoms with Crippen LogP contribution in [0.3, 0.4) is 0 Å². The molecule has 0 saturated carbocycles. The Bertz CT molecular complexity index is 1100. The molecule has 3 rings (SSSR count). The van der Waals surface area contributed by atoms with Crippen molar-refractivity contribution in [1.29, 1.82) is 0 Å². The molecule has 0 fully saturated rings. The van der Waals surface area contributed by atoms with Crippen LogP contribution in [0.15, 0.2) is 58.0 Å². The number of benzene rings is 1. The quantitative estimate of drug-likeness (QED) is 0.365. The standard InChI is InChI=1S/C17H14N2O6S2/c1-11-4-5-12(19(21)22)9-16(11)27(23,24)18-10-13-6-7-15(26-13)17(20)14-3-2-8-25-14/h2-9,18H,10H2,1H3. The van der Waals surface area contributed by atoms with E-state index in [1.54, 1.807) is 31.2 Å². The van der Waals surface area contributed by atoms with Gasteiger partial charge in [-0.2, -0.15) is 0 Å². The van der Waals surface area contributed by atoms with E-state index < -0.39 is 14.9 Å². The molecule has 140 valence electrons. The molecule has 2 heterocycles. The normalized spacial score (nSPS) is 11.4. The molecule has 0 amide bonds. The Balaban J connectivity index is 1.76. The van der Waals surface area contributed by atoms with E-state index >= 15 is 0 Å². The third-order valence-electron chi connectivity index (χ3n) is 3.74. The first kappa shape index (κ1) is 19.0. The smallest absolute Gasteiger partial charge is 0.270 e. The highest BCUT2D eigenvalue weighted by atomic mass is 32.2. The molecule has 0 bridgehead atoms. The maximum Gasteiger partial charge on any atom is 0.270 e. The number of sulfonamides is 1. The van der Waals surface area contributed by atoms with E-state index in [9.17, 15) is 23.3 Å². The van der Waals surface area contributed by atoms with Crippen molar-refractivity contribution in [3.63, 3.8) is 0 Å². The summed E-state index contributed by atoms with van der Waals surface area (Å²) in [5.74, 6) is -0.0789. The van der Waals surface area contributed by atoms with Crippen LogP contribution in [0, 0.1) is 17.0 Å². The van der Waals surface area contributed by atoms with Crippen molar-refractivity contribution < 1.29 is 22.6 Å². The monoisotopic (exact) mass is 406 g/mol. The van der Waals surface area contributed by atoms with E-state index in [-0.39, 0.29) is 28.7 Å². The molecule has 2 aromatic heterocycles. The van der Waals surface area contributed by atoms with Crippen molar-refractivity contribution in [1.82, 2.24) is 4.72 Å². The summed E-state index contributed by atoms with van der Waals surface area (Å²) in [5.41, 5.74) is 0.0939. The van der Waals surface area contributed by atoms with E-state index in [0.717, 1.165) is 17.4 Å². The molecule has 1 aromatic carbocycles. The number of hydrogen-bond donors (Lipinski definition) is 1. The Kier molecular flexibility index (Phi) is 5.22. The highest BCUT2D eigenvalue weighted by Crippen LogP contribution is 2.23. The number of nitro groups is 1. The summed E-state index contributed by atoms with van der Waals surface area (Å²) in [5, 5.41) is 10.9. The van der Waals surface area contributed by atoms with Gasteiger partial charge in [-0.25, -0.2) is 13.1 Å². The molecule has 8 nitrogen and oxygen atoms in total. The fourth-order valence-electron chi connectivity index (χ4n) is 2.36. The van der Waals surface area contributed by atoms with Crippen LogP contribution in [-0.2, 0) is 16.6 Å². The summed E-state index contributed by atoms with van der Waals surface area (Å²) in [6, 6.07) is 10.1. The SMILES string of the molecule is Cc1ccc([N+](=O)[O-])cc1S(=O)(=O)NCc1ccc(C(=O)c2ccco2)s1. The summed E-state index contributed by atoms with van der Waals surface area (Å²) in [7, 11) is -3.95. The zero-order chi connectivity index (χ0) is 19.6. The number of nitrogens with zero attached hydrogens (tertiary/aromatic N) is 1. The summed E-state index contributed by atoms with van der Waals surface area (Å²) in [6.45, 7) is 1.52. The van der Waals surface area contributed by atoms with E-state index in [0.29, 0.717) is 15.3 Å². The maximum atomic E-state index is 12.5. The minimum Gasteiger partial charge on any atom is -0.461 e. The molecule has 0 saturated heterocycles. The zero-order valence-corrected chi connectivity index (χ0v) is 15.7. The number of carbonyl (C=O) groups is 1. The van der Waals surface area contributed by atoms with E-state index in [1.807, 2.05) is 0 Å². The number of thiophene rings is 1. The van der Waals surface area contributed by atoms with Gasteiger partial charge < -0.3 is 4.42 Å². The lowest BCUT2D eigenvalue weighted by atomic mass is 10.2. The lowest BCUT2D eigenvalue weighted by Crippen LogP contribution is -2.23. The predicted octanol–water partition coefficient (Wildman–Crippen LogP) is 3.27. The second-order valence-electron chi connectivity index (χ2n) is 5.60. The van der Waals surface area contributed by atoms with Gasteiger partial charge in [0.25, 0.3) is 5.69 Å². The summed E-state index contributed by atoms with van der Waals surface area (Å²) in [6.07, 6.45) is 1.40. The Morgan fingerprint density at radius 2 is 2.04 bits per heavy atom. The third-order valence-corrected chi connectivity index (χ3v) is 6.37. The first-order valence-electron chi connectivity index (χ1n) is 7.69. The lowest BCUT2D eigenvalue weighted by molar-refractivity contribution is -0.385. The van der Waals surface area contributed by atoms with Gasteiger partial charge >= 0.3 is 0 Å². The number of non-ortho nitro benzene ring substituents is 1. The van der Waals surface area contributed by atoms with E-state index in [2.05, 4.69) is 4.72 Å². The van der Waals surface area contributed by atoms with Crippen LogP contribution in [0.2, 0.25) is 0 Å². The van der Waals surface area contributed by atoms with Gasteiger partial charge in [0.05, 0.1) is 21.0 Å². The molecule has 0 aliphatic heterocycles. The maximum absolute atomic E-state index is 12.5.